The second-order valence-corrected chi connectivity index (χ2v) is 7.98. The van der Waals surface area contributed by atoms with Crippen LogP contribution in [-0.4, -0.2) is 82.5 Å². The van der Waals surface area contributed by atoms with Gasteiger partial charge >= 0.3 is 0 Å². The van der Waals surface area contributed by atoms with E-state index in [0.717, 1.165) is 18.2 Å². The summed E-state index contributed by atoms with van der Waals surface area (Å²) in [5.41, 5.74) is 2.02. The van der Waals surface area contributed by atoms with Gasteiger partial charge in [0.05, 0.1) is 0 Å². The molecule has 0 radical (unpaired) electrons. The van der Waals surface area contributed by atoms with Gasteiger partial charge in [-0.25, -0.2) is 9.97 Å². The average Bonchev–Trinajstić information content (AvgIpc) is 2.71. The Morgan fingerprint density at radius 3 is 2.52 bits per heavy atom. The van der Waals surface area contributed by atoms with Crippen molar-refractivity contribution in [1.29, 1.82) is 0 Å². The lowest BCUT2D eigenvalue weighted by Crippen LogP contribution is -2.48. The fourth-order valence-corrected chi connectivity index (χ4v) is 4.16. The van der Waals surface area contributed by atoms with Gasteiger partial charge in [-0.2, -0.15) is 0 Å². The molecular formula is C21H30N6. The Morgan fingerprint density at radius 1 is 0.963 bits per heavy atom. The van der Waals surface area contributed by atoms with Gasteiger partial charge in [0.15, 0.2) is 5.82 Å². The van der Waals surface area contributed by atoms with Crippen LogP contribution >= 0.6 is 0 Å². The molecule has 0 spiro atoms. The van der Waals surface area contributed by atoms with Crippen molar-refractivity contribution in [2.75, 3.05) is 52.9 Å². The van der Waals surface area contributed by atoms with Gasteiger partial charge in [0.25, 0.3) is 0 Å². The molecule has 1 atom stereocenters. The van der Waals surface area contributed by atoms with E-state index in [0.29, 0.717) is 5.82 Å². The number of hydrogen-bond acceptors (Lipinski definition) is 6. The summed E-state index contributed by atoms with van der Waals surface area (Å²) in [6, 6.07) is 5.82. The summed E-state index contributed by atoms with van der Waals surface area (Å²) in [4.78, 5) is 21.0. The van der Waals surface area contributed by atoms with Crippen LogP contribution < -0.4 is 0 Å². The molecular weight excluding hydrogens is 336 g/mol. The third-order valence-corrected chi connectivity index (χ3v) is 5.72. The number of nitrogens with zero attached hydrogens (tertiary/aromatic N) is 6. The zero-order valence-corrected chi connectivity index (χ0v) is 16.3. The van der Waals surface area contributed by atoms with Crippen LogP contribution in [0.25, 0.3) is 11.5 Å². The van der Waals surface area contributed by atoms with E-state index >= 15 is 0 Å². The van der Waals surface area contributed by atoms with Crippen LogP contribution in [0.2, 0.25) is 0 Å². The fraction of sp³-hybridized carbons (Fsp3) is 0.571. The molecule has 4 rings (SSSR count). The minimum atomic E-state index is 0.700. The van der Waals surface area contributed by atoms with Gasteiger partial charge in [-0.05, 0) is 44.5 Å². The molecule has 2 fully saturated rings. The van der Waals surface area contributed by atoms with Crippen molar-refractivity contribution in [2.45, 2.75) is 19.4 Å². The van der Waals surface area contributed by atoms with Gasteiger partial charge in [0, 0.05) is 70.0 Å². The van der Waals surface area contributed by atoms with Crippen LogP contribution in [-0.2, 0) is 6.54 Å². The molecule has 27 heavy (non-hydrogen) atoms. The Balaban J connectivity index is 1.30. The van der Waals surface area contributed by atoms with Gasteiger partial charge in [-0.3, -0.25) is 9.88 Å². The minimum Gasteiger partial charge on any atom is -0.304 e. The van der Waals surface area contributed by atoms with Crippen molar-refractivity contribution in [1.82, 2.24) is 29.7 Å². The third-order valence-electron chi connectivity index (χ3n) is 5.72. The van der Waals surface area contributed by atoms with Crippen LogP contribution in [0.15, 0.2) is 36.8 Å². The number of piperazine rings is 1. The first-order chi connectivity index (χ1) is 13.3. The highest BCUT2D eigenvalue weighted by Gasteiger charge is 2.23. The molecule has 2 aromatic rings. The molecule has 2 aliphatic rings. The van der Waals surface area contributed by atoms with Crippen LogP contribution in [0.1, 0.15) is 18.4 Å². The topological polar surface area (TPSA) is 48.4 Å². The third kappa shape index (κ3) is 5.09. The van der Waals surface area contributed by atoms with Crippen molar-refractivity contribution >= 4 is 0 Å². The van der Waals surface area contributed by atoms with Crippen molar-refractivity contribution in [3.63, 3.8) is 0 Å². The maximum absolute atomic E-state index is 4.52. The number of piperidine rings is 1. The first-order valence-electron chi connectivity index (χ1n) is 10.1. The molecule has 0 amide bonds. The van der Waals surface area contributed by atoms with Crippen LogP contribution in [0.5, 0.6) is 0 Å². The second kappa shape index (κ2) is 8.87. The van der Waals surface area contributed by atoms with E-state index < -0.39 is 0 Å². The predicted octanol–water partition coefficient (Wildman–Crippen LogP) is 2.00. The van der Waals surface area contributed by atoms with Crippen molar-refractivity contribution in [3.05, 3.63) is 42.4 Å². The summed E-state index contributed by atoms with van der Waals surface area (Å²) in [5.74, 6) is 1.49. The van der Waals surface area contributed by atoms with Crippen LogP contribution in [0, 0.1) is 5.92 Å². The number of likely N-dealkylation sites (N-methyl/N-ethyl adjacent to an activating group) is 1. The van der Waals surface area contributed by atoms with Gasteiger partial charge in [-0.1, -0.05) is 6.07 Å². The van der Waals surface area contributed by atoms with E-state index in [1.165, 1.54) is 64.2 Å². The highest BCUT2D eigenvalue weighted by molar-refractivity contribution is 5.47. The zero-order valence-electron chi connectivity index (χ0n) is 16.3. The summed E-state index contributed by atoms with van der Waals surface area (Å²) in [6.07, 6.45) is 8.35. The largest absolute Gasteiger partial charge is 0.304 e. The van der Waals surface area contributed by atoms with E-state index in [1.807, 2.05) is 30.6 Å². The van der Waals surface area contributed by atoms with E-state index in [-0.39, 0.29) is 0 Å². The SMILES string of the molecule is CN1CCN(C[C@@H]2CCCN(Cc3cnc(-c4ccccn4)nc3)C2)CC1. The minimum absolute atomic E-state index is 0.700. The molecule has 0 saturated carbocycles. The van der Waals surface area contributed by atoms with E-state index in [4.69, 9.17) is 0 Å². The highest BCUT2D eigenvalue weighted by Crippen LogP contribution is 2.20. The van der Waals surface area contributed by atoms with Crippen LogP contribution in [0.4, 0.5) is 0 Å². The maximum atomic E-state index is 4.52. The molecule has 0 unspecified atom stereocenters. The summed E-state index contributed by atoms with van der Waals surface area (Å²) in [5, 5.41) is 0. The lowest BCUT2D eigenvalue weighted by Gasteiger charge is -2.38. The Bertz CT molecular complexity index is 696. The number of rotatable bonds is 5. The Labute approximate surface area is 162 Å². The average molecular weight is 367 g/mol. The second-order valence-electron chi connectivity index (χ2n) is 7.98. The summed E-state index contributed by atoms with van der Waals surface area (Å²) in [6.45, 7) is 9.41. The highest BCUT2D eigenvalue weighted by atomic mass is 15.2. The molecule has 4 heterocycles. The number of hydrogen-bond donors (Lipinski definition) is 0. The van der Waals surface area contributed by atoms with Crippen molar-refractivity contribution in [3.8, 4) is 11.5 Å². The standard InChI is InChI=1S/C21H30N6/c1-25-9-11-26(12-10-25)15-18-5-4-8-27(16-18)17-19-13-23-21(24-14-19)20-6-2-3-7-22-20/h2-3,6-7,13-14,18H,4-5,8-12,15-17H2,1H3/t18-/m0/s1. The number of pyridine rings is 1. The molecule has 144 valence electrons. The molecule has 6 heteroatoms. The molecule has 0 aliphatic carbocycles. The Hall–Kier alpha value is -1.89. The lowest BCUT2D eigenvalue weighted by atomic mass is 9.97. The summed E-state index contributed by atoms with van der Waals surface area (Å²) < 4.78 is 0. The van der Waals surface area contributed by atoms with Gasteiger partial charge in [-0.15, -0.1) is 0 Å². The molecule has 2 aliphatic heterocycles. The van der Waals surface area contributed by atoms with Gasteiger partial charge in [0.2, 0.25) is 0 Å². The Morgan fingerprint density at radius 2 is 1.78 bits per heavy atom. The van der Waals surface area contributed by atoms with Crippen molar-refractivity contribution < 1.29 is 0 Å². The lowest BCUT2D eigenvalue weighted by molar-refractivity contribution is 0.0965. The molecule has 2 aromatic heterocycles. The smallest absolute Gasteiger partial charge is 0.178 e. The number of likely N-dealkylation sites (tertiary alicyclic amines) is 1. The maximum Gasteiger partial charge on any atom is 0.178 e. The predicted molar refractivity (Wildman–Crippen MR) is 107 cm³/mol. The van der Waals surface area contributed by atoms with Crippen molar-refractivity contribution in [2.24, 2.45) is 5.92 Å². The first kappa shape index (κ1) is 18.5. The molecule has 0 N–H and O–H groups in total. The van der Waals surface area contributed by atoms with E-state index in [1.54, 1.807) is 6.20 Å². The van der Waals surface area contributed by atoms with E-state index in [9.17, 15) is 0 Å². The zero-order chi connectivity index (χ0) is 18.5. The van der Waals surface area contributed by atoms with Gasteiger partial charge in [0.1, 0.15) is 5.69 Å². The number of aromatic nitrogens is 3. The van der Waals surface area contributed by atoms with Crippen LogP contribution in [0.3, 0.4) is 0 Å². The molecule has 0 bridgehead atoms. The first-order valence-corrected chi connectivity index (χ1v) is 10.1. The normalized spacial score (nSPS) is 22.8. The summed E-state index contributed by atoms with van der Waals surface area (Å²) >= 11 is 0. The Kier molecular flexibility index (Phi) is 6.07. The molecule has 0 aromatic carbocycles. The van der Waals surface area contributed by atoms with E-state index in [2.05, 4.69) is 36.7 Å². The fourth-order valence-electron chi connectivity index (χ4n) is 4.16. The van der Waals surface area contributed by atoms with Gasteiger partial charge < -0.3 is 9.80 Å². The molecule has 6 nitrogen and oxygen atoms in total. The quantitative estimate of drug-likeness (QED) is 0.807. The monoisotopic (exact) mass is 366 g/mol. The molecule has 2 saturated heterocycles. The summed E-state index contributed by atoms with van der Waals surface area (Å²) in [7, 11) is 2.22.